The molecular weight excluding hydrogens is 300 g/mol. The van der Waals surface area contributed by atoms with E-state index in [9.17, 15) is 4.79 Å². The predicted molar refractivity (Wildman–Crippen MR) is 92.3 cm³/mol. The van der Waals surface area contributed by atoms with Crippen LogP contribution in [0.2, 0.25) is 5.02 Å². The van der Waals surface area contributed by atoms with Gasteiger partial charge in [-0.2, -0.15) is 5.10 Å². The van der Waals surface area contributed by atoms with Crippen molar-refractivity contribution < 1.29 is 4.79 Å². The van der Waals surface area contributed by atoms with Crippen LogP contribution >= 0.6 is 11.6 Å². The molecule has 1 unspecified atom stereocenters. The zero-order chi connectivity index (χ0) is 16.5. The monoisotopic (exact) mass is 320 g/mol. The largest absolute Gasteiger partial charge is 0.293 e. The van der Waals surface area contributed by atoms with Gasteiger partial charge in [-0.05, 0) is 31.0 Å². The van der Waals surface area contributed by atoms with E-state index in [2.05, 4.69) is 27.4 Å². The molecule has 0 aliphatic carbocycles. The molecule has 0 bridgehead atoms. The first-order valence-corrected chi connectivity index (χ1v) is 7.50. The third-order valence-electron chi connectivity index (χ3n) is 2.63. The Morgan fingerprint density at radius 2 is 2.09 bits per heavy atom. The fraction of sp³-hybridized carbons (Fsp3) is 0.312. The van der Waals surface area contributed by atoms with Crippen LogP contribution in [0, 0.1) is 0 Å². The lowest BCUT2D eigenvalue weighted by Gasteiger charge is -2.01. The lowest BCUT2D eigenvalue weighted by Crippen LogP contribution is -2.35. The van der Waals surface area contributed by atoms with Crippen LogP contribution in [0.25, 0.3) is 0 Å². The molecule has 0 aromatic heterocycles. The Hall–Kier alpha value is -2.14. The molecule has 2 N–H and O–H groups in total. The Kier molecular flexibility index (Phi) is 7.32. The molecule has 118 valence electrons. The highest BCUT2D eigenvalue weighted by Crippen LogP contribution is 2.10. The highest BCUT2D eigenvalue weighted by molar-refractivity contribution is 6.30. The highest BCUT2D eigenvalue weighted by atomic mass is 35.5. The Labute approximate surface area is 136 Å². The molecular formula is C16H21ClN4O. The van der Waals surface area contributed by atoms with Crippen LogP contribution in [0.4, 0.5) is 0 Å². The van der Waals surface area contributed by atoms with Gasteiger partial charge in [0.05, 0.1) is 6.21 Å². The lowest BCUT2D eigenvalue weighted by molar-refractivity contribution is -0.120. The molecule has 0 spiro atoms. The predicted octanol–water partition coefficient (Wildman–Crippen LogP) is 3.11. The average molecular weight is 321 g/mol. The van der Waals surface area contributed by atoms with Crippen molar-refractivity contribution in [3.8, 4) is 0 Å². The quantitative estimate of drug-likeness (QED) is 0.508. The van der Waals surface area contributed by atoms with Crippen molar-refractivity contribution in [2.45, 2.75) is 33.2 Å². The van der Waals surface area contributed by atoms with E-state index in [0.29, 0.717) is 17.4 Å². The van der Waals surface area contributed by atoms with E-state index in [1.165, 1.54) is 0 Å². The summed E-state index contributed by atoms with van der Waals surface area (Å²) in [5.41, 5.74) is 4.51. The summed E-state index contributed by atoms with van der Waals surface area (Å²) in [4.78, 5) is 15.8. The fourth-order valence-electron chi connectivity index (χ4n) is 1.69. The summed E-state index contributed by atoms with van der Waals surface area (Å²) in [5, 5.41) is 7.32. The van der Waals surface area contributed by atoms with E-state index < -0.39 is 6.04 Å². The summed E-state index contributed by atoms with van der Waals surface area (Å²) in [7, 11) is 0. The summed E-state index contributed by atoms with van der Waals surface area (Å²) >= 11 is 5.79. The maximum atomic E-state index is 11.6. The zero-order valence-electron chi connectivity index (χ0n) is 13.1. The van der Waals surface area contributed by atoms with E-state index in [-0.39, 0.29) is 5.91 Å². The average Bonchev–Trinajstić information content (AvgIpc) is 2.83. The number of nitrogens with one attached hydrogen (secondary N) is 2. The molecule has 1 aliphatic rings. The molecule has 1 aromatic carbocycles. The van der Waals surface area contributed by atoms with Crippen LogP contribution in [0.1, 0.15) is 32.8 Å². The molecule has 1 amide bonds. The van der Waals surface area contributed by atoms with E-state index in [4.69, 9.17) is 11.6 Å². The van der Waals surface area contributed by atoms with Crippen LogP contribution in [-0.2, 0) is 4.79 Å². The first-order valence-electron chi connectivity index (χ1n) is 7.12. The Balaban J connectivity index is 0.00000116. The number of rotatable bonds is 4. The Bertz CT molecular complexity index is 578. The van der Waals surface area contributed by atoms with Crippen molar-refractivity contribution in [2.75, 3.05) is 0 Å². The molecule has 2 rings (SSSR count). The number of hydrogen-bond acceptors (Lipinski definition) is 4. The number of carbonyl (C=O) groups is 1. The van der Waals surface area contributed by atoms with Crippen molar-refractivity contribution >= 4 is 29.7 Å². The Morgan fingerprint density at radius 1 is 1.45 bits per heavy atom. The first kappa shape index (κ1) is 17.9. The summed E-state index contributed by atoms with van der Waals surface area (Å²) in [6.45, 7) is 9.64. The van der Waals surface area contributed by atoms with Crippen LogP contribution < -0.4 is 10.7 Å². The van der Waals surface area contributed by atoms with Gasteiger partial charge in [0.15, 0.2) is 0 Å². The van der Waals surface area contributed by atoms with Gasteiger partial charge in [0.25, 0.3) is 5.91 Å². The minimum absolute atomic E-state index is 0.141. The van der Waals surface area contributed by atoms with Crippen molar-refractivity contribution in [3.63, 3.8) is 0 Å². The van der Waals surface area contributed by atoms with Crippen molar-refractivity contribution in [3.05, 3.63) is 47.0 Å². The standard InChI is InChI=1S/C14H15ClN4O.C2H6/c1-9(2)7-12-13(20)18-14(17-12)19-16-8-10-3-5-11(15)6-4-10;1-2/h3-6,8,12H,1,7H2,2H3,(H2,17,18,19,20);1-2H3/b16-8+;. The molecule has 6 heteroatoms. The van der Waals surface area contributed by atoms with Gasteiger partial charge >= 0.3 is 0 Å². The summed E-state index contributed by atoms with van der Waals surface area (Å²) < 4.78 is 0. The minimum atomic E-state index is -0.416. The molecule has 1 heterocycles. The number of benzene rings is 1. The third kappa shape index (κ3) is 5.69. The van der Waals surface area contributed by atoms with Crippen LogP contribution in [0.15, 0.2) is 46.5 Å². The van der Waals surface area contributed by atoms with Gasteiger partial charge in [-0.15, -0.1) is 6.58 Å². The van der Waals surface area contributed by atoms with E-state index in [1.54, 1.807) is 18.3 Å². The van der Waals surface area contributed by atoms with Gasteiger partial charge in [0.1, 0.15) is 6.04 Å². The smallest absolute Gasteiger partial charge is 0.251 e. The van der Waals surface area contributed by atoms with Crippen LogP contribution in [0.3, 0.4) is 0 Å². The van der Waals surface area contributed by atoms with Crippen molar-refractivity contribution in [1.29, 1.82) is 0 Å². The van der Waals surface area contributed by atoms with E-state index in [0.717, 1.165) is 11.1 Å². The fourth-order valence-corrected chi connectivity index (χ4v) is 1.81. The van der Waals surface area contributed by atoms with Gasteiger partial charge in [-0.1, -0.05) is 43.2 Å². The number of hydrogen-bond donors (Lipinski definition) is 2. The summed E-state index contributed by atoms with van der Waals surface area (Å²) in [6, 6.07) is 6.82. The lowest BCUT2D eigenvalue weighted by atomic mass is 10.1. The molecule has 1 atom stereocenters. The normalized spacial score (nSPS) is 16.6. The van der Waals surface area contributed by atoms with Gasteiger partial charge in [-0.25, -0.2) is 10.4 Å². The summed E-state index contributed by atoms with van der Waals surface area (Å²) in [5.74, 6) is 0.212. The number of hydrazone groups is 1. The minimum Gasteiger partial charge on any atom is -0.293 e. The number of carbonyl (C=O) groups excluding carboxylic acids is 1. The molecule has 1 aliphatic heterocycles. The van der Waals surface area contributed by atoms with Crippen molar-refractivity contribution in [2.24, 2.45) is 10.1 Å². The number of aliphatic imine (C=N–C) groups is 1. The SMILES string of the molecule is C=C(C)CC1N=C(N/N=C/c2ccc(Cl)cc2)NC1=O.CC. The van der Waals surface area contributed by atoms with E-state index >= 15 is 0 Å². The second kappa shape index (κ2) is 9.00. The van der Waals surface area contributed by atoms with Crippen molar-refractivity contribution in [1.82, 2.24) is 10.7 Å². The van der Waals surface area contributed by atoms with Gasteiger partial charge < -0.3 is 0 Å². The maximum absolute atomic E-state index is 11.6. The molecule has 0 fully saturated rings. The van der Waals surface area contributed by atoms with E-state index in [1.807, 2.05) is 32.9 Å². The van der Waals surface area contributed by atoms with Crippen LogP contribution in [-0.4, -0.2) is 24.1 Å². The van der Waals surface area contributed by atoms with Gasteiger partial charge in [0, 0.05) is 5.02 Å². The highest BCUT2D eigenvalue weighted by Gasteiger charge is 2.25. The third-order valence-corrected chi connectivity index (χ3v) is 2.88. The molecule has 22 heavy (non-hydrogen) atoms. The zero-order valence-corrected chi connectivity index (χ0v) is 13.8. The number of nitrogens with zero attached hydrogens (tertiary/aromatic N) is 2. The van der Waals surface area contributed by atoms with Crippen LogP contribution in [0.5, 0.6) is 0 Å². The maximum Gasteiger partial charge on any atom is 0.251 e. The molecule has 1 aromatic rings. The van der Waals surface area contributed by atoms with Gasteiger partial charge in [0.2, 0.25) is 5.96 Å². The second-order valence-corrected chi connectivity index (χ2v) is 5.00. The number of guanidine groups is 1. The molecule has 0 saturated carbocycles. The summed E-state index contributed by atoms with van der Waals surface area (Å²) in [6.07, 6.45) is 2.16. The van der Waals surface area contributed by atoms with Gasteiger partial charge in [-0.3, -0.25) is 10.1 Å². The Morgan fingerprint density at radius 3 is 2.68 bits per heavy atom. The number of amides is 1. The molecule has 0 saturated heterocycles. The molecule has 0 radical (unpaired) electrons. The topological polar surface area (TPSA) is 65.8 Å². The number of halogens is 1. The molecule has 5 nitrogen and oxygen atoms in total. The second-order valence-electron chi connectivity index (χ2n) is 4.57. The first-order chi connectivity index (χ1) is 10.5.